The molecule has 20 heavy (non-hydrogen) atoms. The van der Waals surface area contributed by atoms with Gasteiger partial charge in [0.2, 0.25) is 0 Å². The number of nitrogens with zero attached hydrogens (tertiary/aromatic N) is 1. The van der Waals surface area contributed by atoms with E-state index >= 15 is 0 Å². The van der Waals surface area contributed by atoms with Gasteiger partial charge in [-0.25, -0.2) is 0 Å². The number of nitrogens with one attached hydrogen (secondary N) is 1. The number of aromatic amines is 1. The molecule has 0 spiro atoms. The van der Waals surface area contributed by atoms with E-state index < -0.39 is 0 Å². The molecule has 1 N–H and O–H groups in total. The molecule has 3 rings (SSSR count). The van der Waals surface area contributed by atoms with Crippen LogP contribution in [0.25, 0.3) is 10.9 Å². The van der Waals surface area contributed by atoms with Crippen molar-refractivity contribution in [2.24, 2.45) is 0 Å². The molecular formula is C17H24N2O. The van der Waals surface area contributed by atoms with Crippen molar-refractivity contribution in [3.05, 3.63) is 35.0 Å². The number of rotatable bonds is 4. The number of para-hydroxylation sites is 1. The molecule has 0 unspecified atom stereocenters. The molecule has 3 heteroatoms. The number of hydrogen-bond donors (Lipinski definition) is 1. The fourth-order valence-corrected chi connectivity index (χ4v) is 3.18. The largest absolute Gasteiger partial charge is 0.379 e. The van der Waals surface area contributed by atoms with Gasteiger partial charge in [-0.05, 0) is 44.4 Å². The first-order chi connectivity index (χ1) is 9.75. The lowest BCUT2D eigenvalue weighted by atomic mass is 10.0. The average molecular weight is 272 g/mol. The fraction of sp³-hybridized carbons (Fsp3) is 0.529. The monoisotopic (exact) mass is 272 g/mol. The second-order valence-electron chi connectivity index (χ2n) is 5.78. The highest BCUT2D eigenvalue weighted by Crippen LogP contribution is 2.25. The first-order valence-corrected chi connectivity index (χ1v) is 7.62. The molecule has 2 aromatic rings. The number of aromatic nitrogens is 1. The van der Waals surface area contributed by atoms with E-state index in [0.717, 1.165) is 32.7 Å². The molecule has 1 aliphatic rings. The lowest BCUT2D eigenvalue weighted by Crippen LogP contribution is -2.36. The summed E-state index contributed by atoms with van der Waals surface area (Å²) >= 11 is 0. The van der Waals surface area contributed by atoms with Crippen LogP contribution in [0.2, 0.25) is 0 Å². The Bertz CT molecular complexity index is 582. The Morgan fingerprint density at radius 2 is 2.00 bits per heavy atom. The molecule has 0 atom stereocenters. The normalized spacial score (nSPS) is 16.9. The van der Waals surface area contributed by atoms with E-state index in [0.29, 0.717) is 0 Å². The summed E-state index contributed by atoms with van der Waals surface area (Å²) < 4.78 is 5.40. The third-order valence-corrected chi connectivity index (χ3v) is 4.37. The summed E-state index contributed by atoms with van der Waals surface area (Å²) in [4.78, 5) is 6.06. The molecule has 3 nitrogen and oxygen atoms in total. The smallest absolute Gasteiger partial charge is 0.0594 e. The van der Waals surface area contributed by atoms with Crippen LogP contribution in [-0.2, 0) is 11.2 Å². The van der Waals surface area contributed by atoms with Gasteiger partial charge in [0.05, 0.1) is 13.2 Å². The van der Waals surface area contributed by atoms with E-state index in [2.05, 4.69) is 41.9 Å². The fourth-order valence-electron chi connectivity index (χ4n) is 3.18. The van der Waals surface area contributed by atoms with Crippen molar-refractivity contribution in [2.45, 2.75) is 26.7 Å². The molecule has 0 radical (unpaired) electrons. The zero-order valence-corrected chi connectivity index (χ0v) is 12.5. The van der Waals surface area contributed by atoms with Crippen molar-refractivity contribution < 1.29 is 4.74 Å². The van der Waals surface area contributed by atoms with E-state index in [9.17, 15) is 0 Å². The maximum absolute atomic E-state index is 5.40. The number of benzene rings is 1. The van der Waals surface area contributed by atoms with Gasteiger partial charge in [-0.3, -0.25) is 4.90 Å². The molecule has 1 aromatic carbocycles. The summed E-state index contributed by atoms with van der Waals surface area (Å²) in [5.74, 6) is 0. The Balaban J connectivity index is 1.68. The summed E-state index contributed by atoms with van der Waals surface area (Å²) in [5.41, 5.74) is 5.48. The SMILES string of the molecule is Cc1[nH]c2c(C)cccc2c1CCCN1CCOCC1. The van der Waals surface area contributed by atoms with E-state index in [4.69, 9.17) is 4.74 Å². The van der Waals surface area contributed by atoms with Crippen molar-refractivity contribution >= 4 is 10.9 Å². The second-order valence-corrected chi connectivity index (χ2v) is 5.78. The molecule has 0 bridgehead atoms. The number of aryl methyl sites for hydroxylation is 3. The molecule has 2 heterocycles. The van der Waals surface area contributed by atoms with Gasteiger partial charge in [0, 0.05) is 29.7 Å². The quantitative estimate of drug-likeness (QED) is 0.926. The molecule has 0 saturated carbocycles. The van der Waals surface area contributed by atoms with E-state index in [1.165, 1.54) is 40.7 Å². The van der Waals surface area contributed by atoms with Gasteiger partial charge >= 0.3 is 0 Å². The standard InChI is InChI=1S/C17H24N2O/c1-13-5-3-6-16-15(14(2)18-17(13)16)7-4-8-19-9-11-20-12-10-19/h3,5-6,18H,4,7-12H2,1-2H3. The lowest BCUT2D eigenvalue weighted by Gasteiger charge is -2.26. The Hall–Kier alpha value is -1.32. The molecular weight excluding hydrogens is 248 g/mol. The second kappa shape index (κ2) is 5.98. The zero-order chi connectivity index (χ0) is 13.9. The van der Waals surface area contributed by atoms with Crippen molar-refractivity contribution in [1.82, 2.24) is 9.88 Å². The van der Waals surface area contributed by atoms with Crippen LogP contribution in [0, 0.1) is 13.8 Å². The van der Waals surface area contributed by atoms with Crippen LogP contribution in [0.5, 0.6) is 0 Å². The number of H-pyrrole nitrogens is 1. The summed E-state index contributed by atoms with van der Waals surface area (Å²) in [6.07, 6.45) is 2.38. The number of morpholine rings is 1. The molecule has 1 aliphatic heterocycles. The first-order valence-electron chi connectivity index (χ1n) is 7.62. The molecule has 0 aliphatic carbocycles. The summed E-state index contributed by atoms with van der Waals surface area (Å²) in [7, 11) is 0. The van der Waals surface area contributed by atoms with Crippen molar-refractivity contribution in [3.63, 3.8) is 0 Å². The van der Waals surface area contributed by atoms with Crippen LogP contribution in [-0.4, -0.2) is 42.7 Å². The minimum Gasteiger partial charge on any atom is -0.379 e. The van der Waals surface area contributed by atoms with Crippen molar-refractivity contribution in [3.8, 4) is 0 Å². The topological polar surface area (TPSA) is 28.3 Å². The van der Waals surface area contributed by atoms with Crippen LogP contribution in [0.1, 0.15) is 23.2 Å². The zero-order valence-electron chi connectivity index (χ0n) is 12.5. The predicted octanol–water partition coefficient (Wildman–Crippen LogP) is 3.05. The van der Waals surface area contributed by atoms with Crippen molar-refractivity contribution in [1.29, 1.82) is 0 Å². The van der Waals surface area contributed by atoms with Gasteiger partial charge in [-0.2, -0.15) is 0 Å². The summed E-state index contributed by atoms with van der Waals surface area (Å²) in [5, 5.41) is 1.41. The average Bonchev–Trinajstić information content (AvgIpc) is 2.78. The summed E-state index contributed by atoms with van der Waals surface area (Å²) in [6, 6.07) is 6.59. The lowest BCUT2D eigenvalue weighted by molar-refractivity contribution is 0.0375. The minimum atomic E-state index is 0.894. The highest BCUT2D eigenvalue weighted by atomic mass is 16.5. The Morgan fingerprint density at radius 1 is 1.20 bits per heavy atom. The Kier molecular flexibility index (Phi) is 4.08. The van der Waals surface area contributed by atoms with Crippen LogP contribution < -0.4 is 0 Å². The predicted molar refractivity (Wildman–Crippen MR) is 83.4 cm³/mol. The Morgan fingerprint density at radius 3 is 2.80 bits per heavy atom. The van der Waals surface area contributed by atoms with Gasteiger partial charge < -0.3 is 9.72 Å². The third kappa shape index (κ3) is 2.74. The van der Waals surface area contributed by atoms with E-state index in [1.807, 2.05) is 0 Å². The number of hydrogen-bond acceptors (Lipinski definition) is 2. The highest BCUT2D eigenvalue weighted by Gasteiger charge is 2.12. The van der Waals surface area contributed by atoms with Crippen LogP contribution >= 0.6 is 0 Å². The van der Waals surface area contributed by atoms with Gasteiger partial charge in [0.15, 0.2) is 0 Å². The van der Waals surface area contributed by atoms with Gasteiger partial charge in [0.1, 0.15) is 0 Å². The van der Waals surface area contributed by atoms with Gasteiger partial charge in [0.25, 0.3) is 0 Å². The van der Waals surface area contributed by atoms with Crippen LogP contribution in [0.4, 0.5) is 0 Å². The summed E-state index contributed by atoms with van der Waals surface area (Å²) in [6.45, 7) is 9.52. The highest BCUT2D eigenvalue weighted by molar-refractivity contribution is 5.87. The minimum absolute atomic E-state index is 0.894. The number of fused-ring (bicyclic) bond motifs is 1. The van der Waals surface area contributed by atoms with Crippen LogP contribution in [0.15, 0.2) is 18.2 Å². The Labute approximate surface area is 120 Å². The maximum atomic E-state index is 5.40. The molecule has 1 fully saturated rings. The molecule has 1 saturated heterocycles. The molecule has 108 valence electrons. The maximum Gasteiger partial charge on any atom is 0.0594 e. The van der Waals surface area contributed by atoms with Gasteiger partial charge in [-0.1, -0.05) is 18.2 Å². The third-order valence-electron chi connectivity index (χ3n) is 4.37. The molecule has 0 amide bonds. The van der Waals surface area contributed by atoms with Crippen molar-refractivity contribution in [2.75, 3.05) is 32.8 Å². The van der Waals surface area contributed by atoms with E-state index in [1.54, 1.807) is 0 Å². The van der Waals surface area contributed by atoms with E-state index in [-0.39, 0.29) is 0 Å². The molecule has 1 aromatic heterocycles. The van der Waals surface area contributed by atoms with Crippen LogP contribution in [0.3, 0.4) is 0 Å². The number of ether oxygens (including phenoxy) is 1. The van der Waals surface area contributed by atoms with Gasteiger partial charge in [-0.15, -0.1) is 0 Å². The first kappa shape index (κ1) is 13.7.